The summed E-state index contributed by atoms with van der Waals surface area (Å²) in [5.41, 5.74) is 1.02. The number of likely N-dealkylation sites (N-methyl/N-ethyl adjacent to an activating group) is 1. The fourth-order valence-electron chi connectivity index (χ4n) is 3.65. The van der Waals surface area contributed by atoms with Crippen molar-refractivity contribution in [3.8, 4) is 5.75 Å². The molecule has 1 heterocycles. The minimum Gasteiger partial charge on any atom is -0.487 e. The van der Waals surface area contributed by atoms with Crippen LogP contribution in [0.2, 0.25) is 0 Å². The molecule has 0 radical (unpaired) electrons. The molecule has 0 saturated heterocycles. The summed E-state index contributed by atoms with van der Waals surface area (Å²) in [5.74, 6) is 1.84. The van der Waals surface area contributed by atoms with E-state index in [1.165, 1.54) is 18.4 Å². The molecule has 1 unspecified atom stereocenters. The SMILES string of the molecule is CCN(CCNC(=NC)NC1CC(C)(C)Oc2ccccc21)C1CC1. The number of fused-ring (bicyclic) bond motifs is 1. The molecular formula is C20H32N4O. The van der Waals surface area contributed by atoms with Gasteiger partial charge >= 0.3 is 0 Å². The first-order valence-corrected chi connectivity index (χ1v) is 9.51. The summed E-state index contributed by atoms with van der Waals surface area (Å²) in [5, 5.41) is 7.07. The topological polar surface area (TPSA) is 48.9 Å². The third-order valence-electron chi connectivity index (χ3n) is 5.07. The Labute approximate surface area is 151 Å². The van der Waals surface area contributed by atoms with E-state index in [0.29, 0.717) is 0 Å². The molecule has 0 bridgehead atoms. The van der Waals surface area contributed by atoms with E-state index in [2.05, 4.69) is 59.5 Å². The summed E-state index contributed by atoms with van der Waals surface area (Å²) in [7, 11) is 1.84. The maximum absolute atomic E-state index is 6.12. The molecule has 3 rings (SSSR count). The molecule has 2 aliphatic rings. The maximum Gasteiger partial charge on any atom is 0.191 e. The molecule has 1 saturated carbocycles. The van der Waals surface area contributed by atoms with Crippen molar-refractivity contribution in [2.75, 3.05) is 26.7 Å². The third kappa shape index (κ3) is 4.66. The Balaban J connectivity index is 1.59. The minimum absolute atomic E-state index is 0.185. The molecule has 1 fully saturated rings. The summed E-state index contributed by atoms with van der Waals surface area (Å²) >= 11 is 0. The van der Waals surface area contributed by atoms with Gasteiger partial charge in [0.1, 0.15) is 11.4 Å². The molecule has 5 nitrogen and oxygen atoms in total. The summed E-state index contributed by atoms with van der Waals surface area (Å²) in [6.07, 6.45) is 3.62. The van der Waals surface area contributed by atoms with Crippen LogP contribution in [0.1, 0.15) is 51.6 Å². The van der Waals surface area contributed by atoms with Crippen molar-refractivity contribution in [3.05, 3.63) is 29.8 Å². The number of rotatable bonds is 6. The highest BCUT2D eigenvalue weighted by atomic mass is 16.5. The van der Waals surface area contributed by atoms with Gasteiger partial charge in [-0.3, -0.25) is 9.89 Å². The Morgan fingerprint density at radius 3 is 2.76 bits per heavy atom. The van der Waals surface area contributed by atoms with Gasteiger partial charge in [-0.05, 0) is 39.3 Å². The van der Waals surface area contributed by atoms with Crippen LogP contribution < -0.4 is 15.4 Å². The average Bonchev–Trinajstić information content (AvgIpc) is 3.41. The molecule has 1 aliphatic carbocycles. The second-order valence-electron chi connectivity index (χ2n) is 7.66. The van der Waals surface area contributed by atoms with E-state index in [-0.39, 0.29) is 11.6 Å². The van der Waals surface area contributed by atoms with Gasteiger partial charge in [0.25, 0.3) is 0 Å². The normalized spacial score (nSPS) is 22.3. The number of hydrogen-bond acceptors (Lipinski definition) is 3. The third-order valence-corrected chi connectivity index (χ3v) is 5.07. The summed E-state index contributed by atoms with van der Waals surface area (Å²) in [4.78, 5) is 6.97. The highest BCUT2D eigenvalue weighted by Crippen LogP contribution is 2.39. The van der Waals surface area contributed by atoms with Gasteiger partial charge in [0, 0.05) is 38.2 Å². The number of nitrogens with one attached hydrogen (secondary N) is 2. The number of nitrogens with zero attached hydrogens (tertiary/aromatic N) is 2. The van der Waals surface area contributed by atoms with Crippen LogP contribution in [-0.2, 0) is 0 Å². The molecule has 25 heavy (non-hydrogen) atoms. The van der Waals surface area contributed by atoms with Gasteiger partial charge in [0.2, 0.25) is 0 Å². The van der Waals surface area contributed by atoms with E-state index >= 15 is 0 Å². The predicted molar refractivity (Wildman–Crippen MR) is 103 cm³/mol. The Hall–Kier alpha value is -1.75. The van der Waals surface area contributed by atoms with Crippen molar-refractivity contribution in [1.82, 2.24) is 15.5 Å². The highest BCUT2D eigenvalue weighted by Gasteiger charge is 2.34. The zero-order chi connectivity index (χ0) is 17.9. The van der Waals surface area contributed by atoms with Crippen LogP contribution in [0.15, 0.2) is 29.3 Å². The fraction of sp³-hybridized carbons (Fsp3) is 0.650. The van der Waals surface area contributed by atoms with E-state index in [9.17, 15) is 0 Å². The predicted octanol–water partition coefficient (Wildman–Crippen LogP) is 2.94. The van der Waals surface area contributed by atoms with Crippen molar-refractivity contribution in [1.29, 1.82) is 0 Å². The van der Waals surface area contributed by atoms with Gasteiger partial charge in [-0.2, -0.15) is 0 Å². The molecule has 1 aromatic carbocycles. The zero-order valence-corrected chi connectivity index (χ0v) is 16.0. The standard InChI is InChI=1S/C20H32N4O/c1-5-24(15-10-11-15)13-12-22-19(21-4)23-17-14-20(2,3)25-18-9-7-6-8-16(17)18/h6-9,15,17H,5,10-14H2,1-4H3,(H2,21,22,23). The maximum atomic E-state index is 6.12. The van der Waals surface area contributed by atoms with Crippen molar-refractivity contribution in [2.24, 2.45) is 4.99 Å². The smallest absolute Gasteiger partial charge is 0.191 e. The first kappa shape index (κ1) is 18.1. The lowest BCUT2D eigenvalue weighted by molar-refractivity contribution is 0.0694. The number of aliphatic imine (C=N–C) groups is 1. The molecule has 0 amide bonds. The van der Waals surface area contributed by atoms with Crippen LogP contribution >= 0.6 is 0 Å². The lowest BCUT2D eigenvalue weighted by Gasteiger charge is -2.38. The van der Waals surface area contributed by atoms with Gasteiger partial charge < -0.3 is 15.4 Å². The van der Waals surface area contributed by atoms with Gasteiger partial charge in [-0.15, -0.1) is 0 Å². The van der Waals surface area contributed by atoms with E-state index in [4.69, 9.17) is 4.74 Å². The van der Waals surface area contributed by atoms with Crippen molar-refractivity contribution >= 4 is 5.96 Å². The fourth-order valence-corrected chi connectivity index (χ4v) is 3.65. The summed E-state index contributed by atoms with van der Waals surface area (Å²) in [6, 6.07) is 9.31. The van der Waals surface area contributed by atoms with Crippen LogP contribution in [0, 0.1) is 0 Å². The number of ether oxygens (including phenoxy) is 1. The lowest BCUT2D eigenvalue weighted by Crippen LogP contribution is -2.46. The zero-order valence-electron chi connectivity index (χ0n) is 16.0. The van der Waals surface area contributed by atoms with Crippen LogP contribution in [0.4, 0.5) is 0 Å². The molecule has 138 valence electrons. The number of benzene rings is 1. The van der Waals surface area contributed by atoms with E-state index < -0.39 is 0 Å². The molecule has 1 aliphatic heterocycles. The van der Waals surface area contributed by atoms with Crippen molar-refractivity contribution in [2.45, 2.75) is 57.7 Å². The van der Waals surface area contributed by atoms with E-state index in [0.717, 1.165) is 43.8 Å². The monoisotopic (exact) mass is 344 g/mol. The Bertz CT molecular complexity index is 609. The van der Waals surface area contributed by atoms with Crippen LogP contribution in [0.25, 0.3) is 0 Å². The molecular weight excluding hydrogens is 312 g/mol. The Morgan fingerprint density at radius 1 is 1.32 bits per heavy atom. The van der Waals surface area contributed by atoms with Crippen molar-refractivity contribution < 1.29 is 4.74 Å². The van der Waals surface area contributed by atoms with Gasteiger partial charge in [0.05, 0.1) is 6.04 Å². The highest BCUT2D eigenvalue weighted by molar-refractivity contribution is 5.80. The van der Waals surface area contributed by atoms with Gasteiger partial charge in [-0.1, -0.05) is 25.1 Å². The first-order chi connectivity index (χ1) is 12.0. The van der Waals surface area contributed by atoms with Gasteiger partial charge in [-0.25, -0.2) is 0 Å². The Morgan fingerprint density at radius 2 is 2.08 bits per heavy atom. The minimum atomic E-state index is -0.185. The Kier molecular flexibility index (Phi) is 5.52. The molecule has 0 spiro atoms. The number of guanidine groups is 1. The first-order valence-electron chi connectivity index (χ1n) is 9.51. The lowest BCUT2D eigenvalue weighted by atomic mass is 9.90. The second kappa shape index (κ2) is 7.65. The number of hydrogen-bond donors (Lipinski definition) is 2. The molecule has 0 aromatic heterocycles. The molecule has 5 heteroatoms. The molecule has 1 atom stereocenters. The average molecular weight is 345 g/mol. The second-order valence-corrected chi connectivity index (χ2v) is 7.66. The summed E-state index contributed by atoms with van der Waals surface area (Å²) in [6.45, 7) is 9.63. The van der Waals surface area contributed by atoms with Crippen LogP contribution in [-0.4, -0.2) is 49.2 Å². The number of para-hydroxylation sites is 1. The quantitative estimate of drug-likeness (QED) is 0.615. The van der Waals surface area contributed by atoms with E-state index in [1.54, 1.807) is 0 Å². The van der Waals surface area contributed by atoms with Crippen LogP contribution in [0.3, 0.4) is 0 Å². The molecule has 2 N–H and O–H groups in total. The van der Waals surface area contributed by atoms with Crippen LogP contribution in [0.5, 0.6) is 5.75 Å². The van der Waals surface area contributed by atoms with Crippen molar-refractivity contribution in [3.63, 3.8) is 0 Å². The van der Waals surface area contributed by atoms with Gasteiger partial charge in [0.15, 0.2) is 5.96 Å². The summed E-state index contributed by atoms with van der Waals surface area (Å²) < 4.78 is 6.12. The molecule has 1 aromatic rings. The van der Waals surface area contributed by atoms with E-state index in [1.807, 2.05) is 13.1 Å². The largest absolute Gasteiger partial charge is 0.487 e.